The third-order valence-electron chi connectivity index (χ3n) is 5.21. The maximum absolute atomic E-state index is 12.9. The molecule has 1 heterocycles. The Morgan fingerprint density at radius 2 is 1.80 bits per heavy atom. The molecule has 0 aliphatic carbocycles. The quantitative estimate of drug-likeness (QED) is 0.298. The zero-order valence-corrected chi connectivity index (χ0v) is 19.0. The van der Waals surface area contributed by atoms with Crippen LogP contribution < -0.4 is 0 Å². The molecular formula is C18H33NO4SSi. The molecule has 0 N–H and O–H groups in total. The van der Waals surface area contributed by atoms with Gasteiger partial charge in [0.05, 0.1) is 24.5 Å². The molecule has 0 aromatic rings. The van der Waals surface area contributed by atoms with Gasteiger partial charge >= 0.3 is 5.97 Å². The lowest BCUT2D eigenvalue weighted by Crippen LogP contribution is -2.64. The van der Waals surface area contributed by atoms with Crippen molar-refractivity contribution in [3.05, 3.63) is 11.3 Å². The fraction of sp³-hybridized carbons (Fsp3) is 0.778. The van der Waals surface area contributed by atoms with Crippen LogP contribution in [0.25, 0.3) is 0 Å². The number of ether oxygens (including phenoxy) is 1. The molecule has 25 heavy (non-hydrogen) atoms. The number of nitrogens with zero attached hydrogens (tertiary/aromatic N) is 1. The number of likely N-dealkylation sites (tertiary alicyclic amines) is 1. The molecule has 0 saturated carbocycles. The Hall–Kier alpha value is -0.793. The van der Waals surface area contributed by atoms with Crippen molar-refractivity contribution in [2.45, 2.75) is 71.2 Å². The number of amides is 1. The molecule has 2 unspecified atom stereocenters. The van der Waals surface area contributed by atoms with Crippen LogP contribution in [0.4, 0.5) is 0 Å². The van der Waals surface area contributed by atoms with Crippen LogP contribution in [0.2, 0.25) is 18.1 Å². The van der Waals surface area contributed by atoms with Crippen LogP contribution in [0.3, 0.4) is 0 Å². The number of hydrogen-bond acceptors (Lipinski definition) is 5. The molecule has 3 atom stereocenters. The van der Waals surface area contributed by atoms with Gasteiger partial charge in [-0.2, -0.15) is 0 Å². The minimum atomic E-state index is -1.97. The van der Waals surface area contributed by atoms with Crippen molar-refractivity contribution < 1.29 is 18.8 Å². The van der Waals surface area contributed by atoms with E-state index in [1.807, 2.05) is 27.0 Å². The number of hydrogen-bond donors (Lipinski definition) is 0. The van der Waals surface area contributed by atoms with Crippen molar-refractivity contribution in [2.75, 3.05) is 13.4 Å². The minimum absolute atomic E-state index is 0.0628. The standard InChI is InChI=1S/C18H33NO4SSi/c1-11(2)14(17(21)22-7)19-15(20)13(16(19)24-8)12(3)23-25(9,10)18(4,5)6/h12-13,16H,1-10H3/t12-,13?,16?/m0/s1. The van der Waals surface area contributed by atoms with Crippen LogP contribution in [0.15, 0.2) is 11.3 Å². The summed E-state index contributed by atoms with van der Waals surface area (Å²) in [5, 5.41) is -0.0315. The molecule has 1 aliphatic rings. The summed E-state index contributed by atoms with van der Waals surface area (Å²) in [7, 11) is -0.631. The molecule has 0 aromatic carbocycles. The van der Waals surface area contributed by atoms with E-state index in [0.717, 1.165) is 5.57 Å². The Labute approximate surface area is 157 Å². The number of allylic oxidation sites excluding steroid dienone is 1. The maximum atomic E-state index is 12.9. The Balaban J connectivity index is 3.05. The molecule has 5 nitrogen and oxygen atoms in total. The number of carbonyl (C=O) groups is 2. The number of carbonyl (C=O) groups excluding carboxylic acids is 2. The van der Waals surface area contributed by atoms with E-state index in [2.05, 4.69) is 33.9 Å². The van der Waals surface area contributed by atoms with Crippen LogP contribution in [0.1, 0.15) is 41.5 Å². The second-order valence-electron chi connectivity index (χ2n) is 8.28. The van der Waals surface area contributed by atoms with Crippen molar-refractivity contribution in [1.82, 2.24) is 4.90 Å². The molecule has 0 aromatic heterocycles. The van der Waals surface area contributed by atoms with E-state index in [9.17, 15) is 9.59 Å². The molecule has 1 aliphatic heterocycles. The average Bonchev–Trinajstić information content (AvgIpc) is 2.46. The molecule has 1 rings (SSSR count). The van der Waals surface area contributed by atoms with Gasteiger partial charge in [-0.25, -0.2) is 4.79 Å². The highest BCUT2D eigenvalue weighted by Crippen LogP contribution is 2.44. The van der Waals surface area contributed by atoms with E-state index in [-0.39, 0.29) is 28.3 Å². The summed E-state index contributed by atoms with van der Waals surface area (Å²) >= 11 is 1.57. The summed E-state index contributed by atoms with van der Waals surface area (Å²) in [5.41, 5.74) is 1.12. The first-order valence-electron chi connectivity index (χ1n) is 8.59. The molecular weight excluding hydrogens is 354 g/mol. The lowest BCUT2D eigenvalue weighted by atomic mass is 9.91. The molecule has 0 radical (unpaired) electrons. The SMILES string of the molecule is COC(=O)C(=C(C)C)N1C(=O)C([C@H](C)O[Si](C)(C)C(C)(C)C)C1SC. The van der Waals surface area contributed by atoms with Crippen molar-refractivity contribution in [3.8, 4) is 0 Å². The average molecular weight is 388 g/mol. The Bertz CT molecular complexity index is 564. The second kappa shape index (κ2) is 7.84. The Kier molecular flexibility index (Phi) is 6.98. The van der Waals surface area contributed by atoms with Gasteiger partial charge in [-0.3, -0.25) is 9.69 Å². The smallest absolute Gasteiger partial charge is 0.354 e. The third kappa shape index (κ3) is 4.31. The van der Waals surface area contributed by atoms with Crippen LogP contribution in [0.5, 0.6) is 0 Å². The Morgan fingerprint density at radius 1 is 1.28 bits per heavy atom. The van der Waals surface area contributed by atoms with Gasteiger partial charge in [-0.1, -0.05) is 20.8 Å². The summed E-state index contributed by atoms with van der Waals surface area (Å²) in [4.78, 5) is 26.6. The Morgan fingerprint density at radius 3 is 2.16 bits per heavy atom. The highest BCUT2D eigenvalue weighted by Gasteiger charge is 2.54. The number of thioether (sulfide) groups is 1. The monoisotopic (exact) mass is 387 g/mol. The van der Waals surface area contributed by atoms with Gasteiger partial charge in [0.15, 0.2) is 8.32 Å². The van der Waals surface area contributed by atoms with E-state index >= 15 is 0 Å². The lowest BCUT2D eigenvalue weighted by Gasteiger charge is -2.50. The zero-order chi connectivity index (χ0) is 19.7. The number of β-lactam (4-membered cyclic amide) rings is 1. The van der Waals surface area contributed by atoms with Gasteiger partial charge in [0.25, 0.3) is 0 Å². The predicted molar refractivity (Wildman–Crippen MR) is 106 cm³/mol. The molecule has 144 valence electrons. The summed E-state index contributed by atoms with van der Waals surface area (Å²) in [6, 6.07) is 0. The van der Waals surface area contributed by atoms with Crippen LogP contribution >= 0.6 is 11.8 Å². The molecule has 1 fully saturated rings. The predicted octanol–water partition coefficient (Wildman–Crippen LogP) is 4.01. The van der Waals surface area contributed by atoms with E-state index in [1.165, 1.54) is 7.11 Å². The fourth-order valence-electron chi connectivity index (χ4n) is 2.76. The van der Waals surface area contributed by atoms with Crippen molar-refractivity contribution in [2.24, 2.45) is 5.92 Å². The van der Waals surface area contributed by atoms with E-state index in [1.54, 1.807) is 16.7 Å². The van der Waals surface area contributed by atoms with E-state index in [4.69, 9.17) is 9.16 Å². The third-order valence-corrected chi connectivity index (χ3v) is 10.8. The fourth-order valence-corrected chi connectivity index (χ4v) is 5.24. The maximum Gasteiger partial charge on any atom is 0.354 e. The number of rotatable bonds is 6. The highest BCUT2D eigenvalue weighted by atomic mass is 32.2. The number of methoxy groups -OCH3 is 1. The molecule has 1 amide bonds. The molecule has 1 saturated heterocycles. The largest absolute Gasteiger partial charge is 0.464 e. The normalized spacial score (nSPS) is 22.3. The topological polar surface area (TPSA) is 55.8 Å². The van der Waals surface area contributed by atoms with Crippen molar-refractivity contribution in [1.29, 1.82) is 0 Å². The van der Waals surface area contributed by atoms with Gasteiger partial charge < -0.3 is 9.16 Å². The van der Waals surface area contributed by atoms with Crippen LogP contribution in [0, 0.1) is 5.92 Å². The first-order chi connectivity index (χ1) is 11.3. The molecule has 0 spiro atoms. The first-order valence-corrected chi connectivity index (χ1v) is 12.8. The summed E-state index contributed by atoms with van der Waals surface area (Å²) < 4.78 is 11.3. The van der Waals surface area contributed by atoms with Gasteiger partial charge in [0.1, 0.15) is 5.70 Å². The minimum Gasteiger partial charge on any atom is -0.464 e. The summed E-state index contributed by atoms with van der Waals surface area (Å²) in [6.07, 6.45) is 1.77. The van der Waals surface area contributed by atoms with Gasteiger partial charge in [0, 0.05) is 0 Å². The molecule has 0 bridgehead atoms. The van der Waals surface area contributed by atoms with Crippen LogP contribution in [-0.4, -0.2) is 49.9 Å². The summed E-state index contributed by atoms with van der Waals surface area (Å²) in [5.74, 6) is -0.779. The summed E-state index contributed by atoms with van der Waals surface area (Å²) in [6.45, 7) is 16.6. The van der Waals surface area contributed by atoms with E-state index in [0.29, 0.717) is 5.70 Å². The van der Waals surface area contributed by atoms with Gasteiger partial charge in [-0.05, 0) is 50.7 Å². The van der Waals surface area contributed by atoms with Gasteiger partial charge in [0.2, 0.25) is 5.91 Å². The zero-order valence-electron chi connectivity index (χ0n) is 17.2. The van der Waals surface area contributed by atoms with Crippen molar-refractivity contribution in [3.63, 3.8) is 0 Å². The molecule has 7 heteroatoms. The van der Waals surface area contributed by atoms with Gasteiger partial charge in [-0.15, -0.1) is 11.8 Å². The van der Waals surface area contributed by atoms with Crippen molar-refractivity contribution >= 4 is 32.0 Å². The van der Waals surface area contributed by atoms with Crippen LogP contribution in [-0.2, 0) is 18.8 Å². The first kappa shape index (κ1) is 22.2. The van der Waals surface area contributed by atoms with E-state index < -0.39 is 14.3 Å². The lowest BCUT2D eigenvalue weighted by molar-refractivity contribution is -0.157. The highest BCUT2D eigenvalue weighted by molar-refractivity contribution is 7.99. The number of esters is 1. The second-order valence-corrected chi connectivity index (χ2v) is 14.0.